The summed E-state index contributed by atoms with van der Waals surface area (Å²) in [5, 5.41) is 14.2. The van der Waals surface area contributed by atoms with Gasteiger partial charge in [0, 0.05) is 50.6 Å². The Morgan fingerprint density at radius 2 is 1.38 bits per heavy atom. The highest BCUT2D eigenvalue weighted by atomic mass is 19.4. The first kappa shape index (κ1) is 25.9. The summed E-state index contributed by atoms with van der Waals surface area (Å²) in [5.74, 6) is -1.24. The van der Waals surface area contributed by atoms with Crippen LogP contribution in [-0.4, -0.2) is 27.1 Å². The van der Waals surface area contributed by atoms with Crippen molar-refractivity contribution >= 4 is 39.1 Å². The van der Waals surface area contributed by atoms with E-state index in [1.807, 2.05) is 17.6 Å². The molecule has 0 spiro atoms. The predicted octanol–water partition coefficient (Wildman–Crippen LogP) is 7.43. The van der Waals surface area contributed by atoms with Crippen molar-refractivity contribution in [3.63, 3.8) is 0 Å². The van der Waals surface area contributed by atoms with Crippen LogP contribution in [-0.2, 0) is 12.7 Å². The van der Waals surface area contributed by atoms with Crippen LogP contribution in [0.25, 0.3) is 21.8 Å². The van der Waals surface area contributed by atoms with E-state index in [0.29, 0.717) is 22.9 Å². The van der Waals surface area contributed by atoms with E-state index in [1.54, 1.807) is 55.5 Å². The number of aryl methyl sites for hydroxylation is 2. The topological polar surface area (TPSA) is 71.7 Å². The first-order chi connectivity index (χ1) is 18.7. The van der Waals surface area contributed by atoms with Crippen molar-refractivity contribution in [2.45, 2.75) is 26.6 Å². The molecule has 0 atom stereocenters. The van der Waals surface area contributed by atoms with Gasteiger partial charge in [0.1, 0.15) is 0 Å². The second-order valence-corrected chi connectivity index (χ2v) is 9.17. The van der Waals surface area contributed by atoms with Gasteiger partial charge in [-0.15, -0.1) is 0 Å². The zero-order valence-corrected chi connectivity index (χ0v) is 21.1. The SMILES string of the molecule is CCn1c2ccc(C(=O)C(=NO)c3ccccc3C)cc2c2cc(C(=O)c3ccccc3C(F)(F)F)ccc21. The van der Waals surface area contributed by atoms with Gasteiger partial charge in [0.15, 0.2) is 11.5 Å². The second kappa shape index (κ2) is 9.87. The van der Waals surface area contributed by atoms with Gasteiger partial charge in [-0.05, 0) is 61.9 Å². The Balaban J connectivity index is 1.65. The fourth-order valence-corrected chi connectivity index (χ4v) is 5.01. The molecule has 0 amide bonds. The maximum Gasteiger partial charge on any atom is 0.417 e. The third-order valence-electron chi connectivity index (χ3n) is 6.90. The molecule has 1 heterocycles. The van der Waals surface area contributed by atoms with Gasteiger partial charge in [0.2, 0.25) is 5.78 Å². The average molecular weight is 529 g/mol. The predicted molar refractivity (Wildman–Crippen MR) is 144 cm³/mol. The highest BCUT2D eigenvalue weighted by Crippen LogP contribution is 2.35. The molecule has 4 aromatic carbocycles. The summed E-state index contributed by atoms with van der Waals surface area (Å²) >= 11 is 0. The van der Waals surface area contributed by atoms with Crippen molar-refractivity contribution in [3.05, 3.63) is 118 Å². The number of oxime groups is 1. The molecule has 8 heteroatoms. The monoisotopic (exact) mass is 528 g/mol. The smallest absolute Gasteiger partial charge is 0.410 e. The van der Waals surface area contributed by atoms with Crippen LogP contribution < -0.4 is 0 Å². The molecule has 0 fully saturated rings. The molecule has 0 bridgehead atoms. The van der Waals surface area contributed by atoms with E-state index < -0.39 is 28.9 Å². The Morgan fingerprint density at radius 1 is 0.821 bits per heavy atom. The van der Waals surface area contributed by atoms with Crippen molar-refractivity contribution in [3.8, 4) is 0 Å². The normalized spacial score (nSPS) is 12.3. The third kappa shape index (κ3) is 4.48. The summed E-state index contributed by atoms with van der Waals surface area (Å²) < 4.78 is 42.7. The highest BCUT2D eigenvalue weighted by Gasteiger charge is 2.35. The quantitative estimate of drug-likeness (QED) is 0.108. The Morgan fingerprint density at radius 3 is 1.97 bits per heavy atom. The summed E-state index contributed by atoms with van der Waals surface area (Å²) in [5.41, 5.74) is 1.67. The lowest BCUT2D eigenvalue weighted by Gasteiger charge is -2.12. The molecule has 196 valence electrons. The molecule has 0 radical (unpaired) electrons. The van der Waals surface area contributed by atoms with E-state index in [9.17, 15) is 28.0 Å². The van der Waals surface area contributed by atoms with Gasteiger partial charge in [0.05, 0.1) is 5.56 Å². The fraction of sp³-hybridized carbons (Fsp3) is 0.129. The lowest BCUT2D eigenvalue weighted by molar-refractivity contribution is -0.137. The van der Waals surface area contributed by atoms with E-state index in [0.717, 1.165) is 22.7 Å². The second-order valence-electron chi connectivity index (χ2n) is 9.17. The first-order valence-corrected chi connectivity index (χ1v) is 12.3. The Labute approximate surface area is 221 Å². The number of benzene rings is 4. The number of Topliss-reactive ketones (excluding diaryl/α,β-unsaturated/α-hetero) is 1. The van der Waals surface area contributed by atoms with Gasteiger partial charge in [-0.1, -0.05) is 47.6 Å². The maximum absolute atomic E-state index is 13.6. The Kier molecular flexibility index (Phi) is 6.56. The molecular formula is C31H23F3N2O3. The zero-order valence-electron chi connectivity index (χ0n) is 21.1. The van der Waals surface area contributed by atoms with Crippen LogP contribution in [0.1, 0.15) is 49.9 Å². The lowest BCUT2D eigenvalue weighted by atomic mass is 9.95. The van der Waals surface area contributed by atoms with Crippen LogP contribution in [0.4, 0.5) is 13.2 Å². The van der Waals surface area contributed by atoms with Gasteiger partial charge in [-0.3, -0.25) is 9.59 Å². The summed E-state index contributed by atoms with van der Waals surface area (Å²) in [6.45, 7) is 4.34. The van der Waals surface area contributed by atoms with Crippen molar-refractivity contribution in [1.82, 2.24) is 4.57 Å². The molecule has 0 saturated heterocycles. The number of hydrogen-bond acceptors (Lipinski definition) is 4. The fourth-order valence-electron chi connectivity index (χ4n) is 5.01. The summed E-state index contributed by atoms with van der Waals surface area (Å²) in [6, 6.07) is 21.6. The molecule has 5 aromatic rings. The van der Waals surface area contributed by atoms with Crippen LogP contribution in [0.2, 0.25) is 0 Å². The third-order valence-corrected chi connectivity index (χ3v) is 6.90. The van der Waals surface area contributed by atoms with Gasteiger partial charge in [-0.2, -0.15) is 13.2 Å². The number of halogens is 3. The number of aromatic nitrogens is 1. The average Bonchev–Trinajstić information content (AvgIpc) is 3.25. The van der Waals surface area contributed by atoms with Gasteiger partial charge >= 0.3 is 6.18 Å². The van der Waals surface area contributed by atoms with Crippen molar-refractivity contribution in [2.24, 2.45) is 5.16 Å². The van der Waals surface area contributed by atoms with Crippen LogP contribution in [0.5, 0.6) is 0 Å². The van der Waals surface area contributed by atoms with Crippen LogP contribution in [0.15, 0.2) is 90.1 Å². The molecule has 5 rings (SSSR count). The molecule has 0 aliphatic carbocycles. The number of hydrogen-bond donors (Lipinski definition) is 1. The zero-order chi connectivity index (χ0) is 27.9. The van der Waals surface area contributed by atoms with Crippen LogP contribution in [0, 0.1) is 6.92 Å². The number of ketones is 2. The maximum atomic E-state index is 13.6. The standard InChI is InChI=1S/C31H23F3N2O3/c1-3-36-26-14-12-19(29(37)22-10-6-7-11-25(22)31(32,33)34)16-23(26)24-17-20(13-15-27(24)36)30(38)28(35-39)21-9-5-4-8-18(21)2/h4-17,39H,3H2,1-2H3. The molecular weight excluding hydrogens is 505 g/mol. The number of nitrogens with zero attached hydrogens (tertiary/aromatic N) is 2. The van der Waals surface area contributed by atoms with E-state index in [2.05, 4.69) is 5.16 Å². The first-order valence-electron chi connectivity index (χ1n) is 12.3. The number of fused-ring (bicyclic) bond motifs is 3. The lowest BCUT2D eigenvalue weighted by Crippen LogP contribution is -2.17. The largest absolute Gasteiger partial charge is 0.417 e. The molecule has 0 unspecified atom stereocenters. The number of carbonyl (C=O) groups is 2. The van der Waals surface area contributed by atoms with Gasteiger partial charge in [-0.25, -0.2) is 0 Å². The molecule has 39 heavy (non-hydrogen) atoms. The van der Waals surface area contributed by atoms with Crippen molar-refractivity contribution < 1.29 is 28.0 Å². The number of rotatable bonds is 6. The summed E-state index contributed by atoms with van der Waals surface area (Å²) in [7, 11) is 0. The minimum absolute atomic E-state index is 0.101. The van der Waals surface area contributed by atoms with Crippen molar-refractivity contribution in [1.29, 1.82) is 0 Å². The molecule has 1 aromatic heterocycles. The van der Waals surface area contributed by atoms with Crippen LogP contribution >= 0.6 is 0 Å². The summed E-state index contributed by atoms with van der Waals surface area (Å²) in [4.78, 5) is 26.7. The van der Waals surface area contributed by atoms with E-state index in [1.165, 1.54) is 24.3 Å². The minimum Gasteiger partial charge on any atom is -0.410 e. The number of alkyl halides is 3. The van der Waals surface area contributed by atoms with Gasteiger partial charge in [0.25, 0.3) is 0 Å². The summed E-state index contributed by atoms with van der Waals surface area (Å²) in [6.07, 6.45) is -4.67. The van der Waals surface area contributed by atoms with E-state index in [4.69, 9.17) is 0 Å². The van der Waals surface area contributed by atoms with Crippen molar-refractivity contribution in [2.75, 3.05) is 0 Å². The van der Waals surface area contributed by atoms with E-state index >= 15 is 0 Å². The Bertz CT molecular complexity index is 1800. The highest BCUT2D eigenvalue weighted by molar-refractivity contribution is 6.51. The molecule has 0 aliphatic rings. The molecule has 0 aliphatic heterocycles. The van der Waals surface area contributed by atoms with Gasteiger partial charge < -0.3 is 9.77 Å². The Hall–Kier alpha value is -4.72. The minimum atomic E-state index is -4.67. The molecule has 5 nitrogen and oxygen atoms in total. The molecule has 0 saturated carbocycles. The number of carbonyl (C=O) groups excluding carboxylic acids is 2. The van der Waals surface area contributed by atoms with Crippen LogP contribution in [0.3, 0.4) is 0 Å². The van der Waals surface area contributed by atoms with E-state index in [-0.39, 0.29) is 16.8 Å². The molecule has 1 N–H and O–H groups in total.